The third kappa shape index (κ3) is 7.81. The number of benzene rings is 4. The summed E-state index contributed by atoms with van der Waals surface area (Å²) in [6.07, 6.45) is 1.00. The Hall–Kier alpha value is -4.38. The first kappa shape index (κ1) is 27.6. The van der Waals surface area contributed by atoms with Gasteiger partial charge in [-0.1, -0.05) is 97.1 Å². The molecule has 1 atom stereocenters. The predicted molar refractivity (Wildman–Crippen MR) is 156 cm³/mol. The Labute approximate surface area is 231 Å². The molecule has 5 nitrogen and oxygen atoms in total. The van der Waals surface area contributed by atoms with Crippen LogP contribution in [-0.2, 0) is 17.8 Å². The third-order valence-corrected chi connectivity index (χ3v) is 6.98. The molecule has 2 amide bonds. The first-order chi connectivity index (χ1) is 19.0. The third-order valence-electron chi connectivity index (χ3n) is 6.98. The maximum Gasteiger partial charge on any atom is 0.254 e. The predicted octanol–water partition coefficient (Wildman–Crippen LogP) is 6.56. The molecule has 0 aliphatic heterocycles. The fourth-order valence-electron chi connectivity index (χ4n) is 4.68. The van der Waals surface area contributed by atoms with Crippen LogP contribution >= 0.6 is 0 Å². The van der Waals surface area contributed by atoms with Gasteiger partial charge in [0.2, 0.25) is 5.91 Å². The van der Waals surface area contributed by atoms with Crippen LogP contribution in [-0.4, -0.2) is 41.8 Å². The van der Waals surface area contributed by atoms with Crippen LogP contribution in [0.3, 0.4) is 0 Å². The molecule has 0 heterocycles. The second kappa shape index (κ2) is 14.0. The van der Waals surface area contributed by atoms with Crippen LogP contribution in [0.2, 0.25) is 0 Å². The van der Waals surface area contributed by atoms with Crippen LogP contribution in [0.25, 0.3) is 0 Å². The van der Waals surface area contributed by atoms with Crippen molar-refractivity contribution in [3.8, 4) is 5.75 Å². The lowest BCUT2D eigenvalue weighted by Gasteiger charge is -2.31. The molecule has 0 radical (unpaired) electrons. The van der Waals surface area contributed by atoms with Gasteiger partial charge in [0.15, 0.2) is 0 Å². The van der Waals surface area contributed by atoms with Crippen LogP contribution in [0.4, 0.5) is 0 Å². The number of carbonyl (C=O) groups excluding carboxylic acids is 2. The summed E-state index contributed by atoms with van der Waals surface area (Å²) in [5.41, 5.74) is 3.83. The smallest absolute Gasteiger partial charge is 0.254 e. The van der Waals surface area contributed by atoms with E-state index in [4.69, 9.17) is 4.74 Å². The number of carbonyl (C=O) groups is 2. The molecule has 0 bridgehead atoms. The van der Waals surface area contributed by atoms with Gasteiger partial charge in [0, 0.05) is 31.6 Å². The first-order valence-corrected chi connectivity index (χ1v) is 13.4. The van der Waals surface area contributed by atoms with E-state index in [2.05, 4.69) is 12.1 Å². The fourth-order valence-corrected chi connectivity index (χ4v) is 4.68. The highest BCUT2D eigenvalue weighted by molar-refractivity contribution is 5.95. The Bertz CT molecular complexity index is 1330. The number of nitrogens with zero attached hydrogens (tertiary/aromatic N) is 2. The Balaban J connectivity index is 1.53. The lowest BCUT2D eigenvalue weighted by molar-refractivity contribution is -0.132. The van der Waals surface area contributed by atoms with E-state index < -0.39 is 0 Å². The Morgan fingerprint density at radius 3 is 2.00 bits per heavy atom. The van der Waals surface area contributed by atoms with E-state index >= 15 is 0 Å². The van der Waals surface area contributed by atoms with E-state index in [0.29, 0.717) is 30.9 Å². The maximum absolute atomic E-state index is 13.8. The largest absolute Gasteiger partial charge is 0.497 e. The van der Waals surface area contributed by atoms with Crippen molar-refractivity contribution in [3.05, 3.63) is 138 Å². The lowest BCUT2D eigenvalue weighted by Crippen LogP contribution is -2.39. The average molecular weight is 521 g/mol. The molecule has 200 valence electrons. The summed E-state index contributed by atoms with van der Waals surface area (Å²) >= 11 is 0. The highest BCUT2D eigenvalue weighted by atomic mass is 16.5. The van der Waals surface area contributed by atoms with Crippen LogP contribution in [0, 0.1) is 0 Å². The molecule has 5 heteroatoms. The Morgan fingerprint density at radius 1 is 0.744 bits per heavy atom. The van der Waals surface area contributed by atoms with Gasteiger partial charge in [0.25, 0.3) is 5.91 Å². The SMILES string of the molecule is COc1cccc(C(=O)N(CCC(=O)N(CCc2ccccc2)Cc2ccccc2)C(C)c2ccccc2)c1. The molecule has 0 spiro atoms. The topological polar surface area (TPSA) is 49.9 Å². The van der Waals surface area contributed by atoms with Gasteiger partial charge in [-0.3, -0.25) is 9.59 Å². The Kier molecular flexibility index (Phi) is 9.90. The minimum absolute atomic E-state index is 0.0264. The van der Waals surface area contributed by atoms with E-state index in [1.165, 1.54) is 5.56 Å². The minimum atomic E-state index is -0.204. The minimum Gasteiger partial charge on any atom is -0.497 e. The summed E-state index contributed by atoms with van der Waals surface area (Å²) in [5, 5.41) is 0. The van der Waals surface area contributed by atoms with E-state index in [-0.39, 0.29) is 24.3 Å². The number of methoxy groups -OCH3 is 1. The van der Waals surface area contributed by atoms with Gasteiger partial charge in [-0.15, -0.1) is 0 Å². The molecule has 1 unspecified atom stereocenters. The molecule has 0 aliphatic carbocycles. The molecular formula is C34H36N2O3. The molecule has 0 fully saturated rings. The van der Waals surface area contributed by atoms with Crippen molar-refractivity contribution in [2.75, 3.05) is 20.2 Å². The Morgan fingerprint density at radius 2 is 1.36 bits per heavy atom. The zero-order valence-corrected chi connectivity index (χ0v) is 22.7. The molecule has 0 N–H and O–H groups in total. The molecule has 4 aromatic carbocycles. The van der Waals surface area contributed by atoms with E-state index in [9.17, 15) is 9.59 Å². The molecule has 0 saturated carbocycles. The van der Waals surface area contributed by atoms with Gasteiger partial charge in [-0.2, -0.15) is 0 Å². The summed E-state index contributed by atoms with van der Waals surface area (Å²) in [6, 6.07) is 37.1. The van der Waals surface area contributed by atoms with Crippen LogP contribution in [0.15, 0.2) is 115 Å². The quantitative estimate of drug-likeness (QED) is 0.213. The van der Waals surface area contributed by atoms with Crippen LogP contribution in [0.5, 0.6) is 5.75 Å². The van der Waals surface area contributed by atoms with Gasteiger partial charge in [-0.05, 0) is 48.2 Å². The zero-order valence-electron chi connectivity index (χ0n) is 22.7. The monoisotopic (exact) mass is 520 g/mol. The first-order valence-electron chi connectivity index (χ1n) is 13.4. The zero-order chi connectivity index (χ0) is 27.5. The highest BCUT2D eigenvalue weighted by Gasteiger charge is 2.25. The van der Waals surface area contributed by atoms with E-state index in [1.807, 2.05) is 103 Å². The maximum atomic E-state index is 13.8. The second-order valence-electron chi connectivity index (χ2n) is 9.60. The number of ether oxygens (including phenoxy) is 1. The van der Waals surface area contributed by atoms with Crippen molar-refractivity contribution in [3.63, 3.8) is 0 Å². The molecule has 0 saturated heterocycles. The standard InChI is InChI=1S/C34H36N2O3/c1-27(30-17-10-5-11-18-30)36(34(38)31-19-12-20-32(25-31)39-2)24-22-33(37)35(26-29-15-8-4-9-16-29)23-21-28-13-6-3-7-14-28/h3-20,25,27H,21-24,26H2,1-2H3. The number of amides is 2. The van der Waals surface area contributed by atoms with E-state index in [0.717, 1.165) is 17.5 Å². The van der Waals surface area contributed by atoms with Gasteiger partial charge in [0.05, 0.1) is 13.2 Å². The number of hydrogen-bond acceptors (Lipinski definition) is 3. The van der Waals surface area contributed by atoms with Crippen molar-refractivity contribution in [2.45, 2.75) is 32.4 Å². The van der Waals surface area contributed by atoms with Crippen molar-refractivity contribution in [2.24, 2.45) is 0 Å². The molecule has 0 aromatic heterocycles. The molecule has 4 rings (SSSR count). The average Bonchev–Trinajstić information content (AvgIpc) is 3.00. The molecular weight excluding hydrogens is 484 g/mol. The highest BCUT2D eigenvalue weighted by Crippen LogP contribution is 2.24. The van der Waals surface area contributed by atoms with Gasteiger partial charge in [-0.25, -0.2) is 0 Å². The second-order valence-corrected chi connectivity index (χ2v) is 9.60. The summed E-state index contributed by atoms with van der Waals surface area (Å²) < 4.78 is 5.35. The molecule has 4 aromatic rings. The number of rotatable bonds is 12. The van der Waals surface area contributed by atoms with Crippen LogP contribution in [0.1, 0.15) is 46.4 Å². The summed E-state index contributed by atoms with van der Waals surface area (Å²) in [6.45, 7) is 3.46. The van der Waals surface area contributed by atoms with Crippen molar-refractivity contribution < 1.29 is 14.3 Å². The fraction of sp³-hybridized carbons (Fsp3) is 0.235. The van der Waals surface area contributed by atoms with E-state index in [1.54, 1.807) is 24.1 Å². The number of hydrogen-bond donors (Lipinski definition) is 0. The van der Waals surface area contributed by atoms with Gasteiger partial charge < -0.3 is 14.5 Å². The summed E-state index contributed by atoms with van der Waals surface area (Å²) in [5.74, 6) is 0.523. The van der Waals surface area contributed by atoms with Crippen molar-refractivity contribution in [1.29, 1.82) is 0 Å². The molecule has 39 heavy (non-hydrogen) atoms. The van der Waals surface area contributed by atoms with Crippen molar-refractivity contribution in [1.82, 2.24) is 9.80 Å². The van der Waals surface area contributed by atoms with Gasteiger partial charge >= 0.3 is 0 Å². The van der Waals surface area contributed by atoms with Crippen LogP contribution < -0.4 is 4.74 Å². The normalized spacial score (nSPS) is 11.4. The lowest BCUT2D eigenvalue weighted by atomic mass is 10.0. The molecule has 0 aliphatic rings. The summed E-state index contributed by atoms with van der Waals surface area (Å²) in [7, 11) is 1.59. The summed E-state index contributed by atoms with van der Waals surface area (Å²) in [4.78, 5) is 31.1. The van der Waals surface area contributed by atoms with Gasteiger partial charge in [0.1, 0.15) is 5.75 Å². The van der Waals surface area contributed by atoms with Crippen molar-refractivity contribution >= 4 is 11.8 Å².